The summed E-state index contributed by atoms with van der Waals surface area (Å²) in [6.45, 7) is 0.875. The molecule has 7 nitrogen and oxygen atoms in total. The zero-order valence-electron chi connectivity index (χ0n) is 13.2. The summed E-state index contributed by atoms with van der Waals surface area (Å²) in [6.07, 6.45) is 2.34. The Hall–Kier alpha value is -2.48. The first-order valence-corrected chi connectivity index (χ1v) is 8.58. The van der Waals surface area contributed by atoms with Crippen LogP contribution in [0.5, 0.6) is 0 Å². The van der Waals surface area contributed by atoms with E-state index in [1.54, 1.807) is 11.9 Å². The molecule has 1 fully saturated rings. The van der Waals surface area contributed by atoms with Crippen molar-refractivity contribution in [2.24, 2.45) is 0 Å². The van der Waals surface area contributed by atoms with Crippen molar-refractivity contribution in [2.45, 2.75) is 31.8 Å². The van der Waals surface area contributed by atoms with Crippen LogP contribution in [0.2, 0.25) is 0 Å². The van der Waals surface area contributed by atoms with Gasteiger partial charge in [-0.1, -0.05) is 11.2 Å². The minimum atomic E-state index is -0.150. The Labute approximate surface area is 143 Å². The standard InChI is InChI=1S/C16H17N5O2S/c1-21(9-10-2-5-13-14(6-10)20-24-19-13)16(22)17-8-12-7-15(23-18-12)11-3-4-11/h2,5-7,11H,3-4,8-9H2,1H3,(H,17,22). The van der Waals surface area contributed by atoms with E-state index < -0.39 is 0 Å². The predicted molar refractivity (Wildman–Crippen MR) is 89.6 cm³/mol. The van der Waals surface area contributed by atoms with Crippen LogP contribution in [0.4, 0.5) is 4.79 Å². The van der Waals surface area contributed by atoms with Crippen LogP contribution in [0.25, 0.3) is 11.0 Å². The van der Waals surface area contributed by atoms with Gasteiger partial charge in [0.15, 0.2) is 0 Å². The van der Waals surface area contributed by atoms with Crippen LogP contribution in [-0.2, 0) is 13.1 Å². The number of fused-ring (bicyclic) bond motifs is 1. The van der Waals surface area contributed by atoms with E-state index in [-0.39, 0.29) is 6.03 Å². The van der Waals surface area contributed by atoms with Crippen molar-refractivity contribution in [1.82, 2.24) is 24.1 Å². The first-order valence-electron chi connectivity index (χ1n) is 7.85. The Morgan fingerprint density at radius 1 is 1.33 bits per heavy atom. The molecule has 1 N–H and O–H groups in total. The van der Waals surface area contributed by atoms with Gasteiger partial charge in [0.05, 0.1) is 18.3 Å². The number of amides is 2. The number of rotatable bonds is 5. The molecule has 0 bridgehead atoms. The third-order valence-electron chi connectivity index (χ3n) is 4.06. The Balaban J connectivity index is 1.32. The van der Waals surface area contributed by atoms with E-state index in [0.29, 0.717) is 19.0 Å². The molecule has 0 spiro atoms. The summed E-state index contributed by atoms with van der Waals surface area (Å²) in [5, 5.41) is 6.86. The van der Waals surface area contributed by atoms with E-state index in [9.17, 15) is 4.79 Å². The van der Waals surface area contributed by atoms with Crippen LogP contribution in [0.3, 0.4) is 0 Å². The van der Waals surface area contributed by atoms with Crippen molar-refractivity contribution in [3.05, 3.63) is 41.3 Å². The van der Waals surface area contributed by atoms with Gasteiger partial charge >= 0.3 is 6.03 Å². The summed E-state index contributed by atoms with van der Waals surface area (Å²) in [6, 6.07) is 7.63. The van der Waals surface area contributed by atoms with Gasteiger partial charge in [0.2, 0.25) is 0 Å². The Morgan fingerprint density at radius 3 is 3.00 bits per heavy atom. The average Bonchev–Trinajstić information content (AvgIpc) is 3.15. The fourth-order valence-corrected chi connectivity index (χ4v) is 3.06. The second-order valence-corrected chi connectivity index (χ2v) is 6.63. The Kier molecular flexibility index (Phi) is 3.89. The number of aromatic nitrogens is 3. The lowest BCUT2D eigenvalue weighted by Crippen LogP contribution is -2.36. The molecule has 2 amide bonds. The van der Waals surface area contributed by atoms with Gasteiger partial charge in [-0.2, -0.15) is 8.75 Å². The number of nitrogens with one attached hydrogen (secondary N) is 1. The van der Waals surface area contributed by atoms with Crippen LogP contribution < -0.4 is 5.32 Å². The van der Waals surface area contributed by atoms with Crippen molar-refractivity contribution in [2.75, 3.05) is 7.05 Å². The molecule has 4 rings (SSSR count). The van der Waals surface area contributed by atoms with Crippen LogP contribution in [-0.4, -0.2) is 31.9 Å². The maximum absolute atomic E-state index is 12.2. The quantitative estimate of drug-likeness (QED) is 0.770. The van der Waals surface area contributed by atoms with Gasteiger partial charge in [-0.15, -0.1) is 0 Å². The van der Waals surface area contributed by atoms with E-state index in [2.05, 4.69) is 19.2 Å². The smallest absolute Gasteiger partial charge is 0.317 e. The highest BCUT2D eigenvalue weighted by molar-refractivity contribution is 7.00. The van der Waals surface area contributed by atoms with Crippen molar-refractivity contribution in [1.29, 1.82) is 0 Å². The van der Waals surface area contributed by atoms with Crippen LogP contribution in [0, 0.1) is 0 Å². The number of benzene rings is 1. The molecular formula is C16H17N5O2S. The molecule has 24 heavy (non-hydrogen) atoms. The molecule has 0 saturated heterocycles. The first kappa shape index (κ1) is 15.1. The number of hydrogen-bond acceptors (Lipinski definition) is 6. The van der Waals surface area contributed by atoms with E-state index in [1.165, 1.54) is 24.6 Å². The topological polar surface area (TPSA) is 84.2 Å². The second-order valence-electron chi connectivity index (χ2n) is 6.10. The minimum Gasteiger partial charge on any atom is -0.361 e. The second kappa shape index (κ2) is 6.20. The minimum absolute atomic E-state index is 0.150. The fraction of sp³-hybridized carbons (Fsp3) is 0.375. The molecule has 3 aromatic rings. The van der Waals surface area contributed by atoms with Gasteiger partial charge < -0.3 is 14.7 Å². The summed E-state index contributed by atoms with van der Waals surface area (Å²) in [5.41, 5.74) is 3.52. The van der Waals surface area contributed by atoms with Gasteiger partial charge in [-0.25, -0.2) is 4.79 Å². The zero-order chi connectivity index (χ0) is 16.5. The molecular weight excluding hydrogens is 326 g/mol. The number of nitrogens with zero attached hydrogens (tertiary/aromatic N) is 4. The molecule has 1 aromatic carbocycles. The van der Waals surface area contributed by atoms with Gasteiger partial charge in [0.1, 0.15) is 22.5 Å². The molecule has 8 heteroatoms. The molecule has 2 aromatic heterocycles. The third-order valence-corrected chi connectivity index (χ3v) is 4.62. The highest BCUT2D eigenvalue weighted by atomic mass is 32.1. The summed E-state index contributed by atoms with van der Waals surface area (Å²) in [7, 11) is 1.76. The van der Waals surface area contributed by atoms with E-state index in [0.717, 1.165) is 28.1 Å². The summed E-state index contributed by atoms with van der Waals surface area (Å²) < 4.78 is 13.7. The van der Waals surface area contributed by atoms with Crippen LogP contribution >= 0.6 is 11.7 Å². The SMILES string of the molecule is CN(Cc1ccc2nsnc2c1)C(=O)NCc1cc(C2CC2)on1. The largest absolute Gasteiger partial charge is 0.361 e. The highest BCUT2D eigenvalue weighted by Crippen LogP contribution is 2.40. The molecule has 1 aliphatic rings. The van der Waals surface area contributed by atoms with Crippen molar-refractivity contribution in [3.63, 3.8) is 0 Å². The lowest BCUT2D eigenvalue weighted by atomic mass is 10.2. The van der Waals surface area contributed by atoms with E-state index in [4.69, 9.17) is 4.52 Å². The summed E-state index contributed by atoms with van der Waals surface area (Å²) in [4.78, 5) is 13.8. The third kappa shape index (κ3) is 3.23. The maximum atomic E-state index is 12.2. The molecule has 1 saturated carbocycles. The molecule has 0 radical (unpaired) electrons. The molecule has 0 atom stereocenters. The van der Waals surface area contributed by atoms with Crippen LogP contribution in [0.1, 0.15) is 35.8 Å². The van der Waals surface area contributed by atoms with Gasteiger partial charge in [0, 0.05) is 25.6 Å². The molecule has 124 valence electrons. The number of hydrogen-bond donors (Lipinski definition) is 1. The van der Waals surface area contributed by atoms with E-state index >= 15 is 0 Å². The monoisotopic (exact) mass is 343 g/mol. The van der Waals surface area contributed by atoms with Crippen molar-refractivity contribution in [3.8, 4) is 0 Å². The highest BCUT2D eigenvalue weighted by Gasteiger charge is 2.27. The number of urea groups is 1. The van der Waals surface area contributed by atoms with Crippen molar-refractivity contribution >= 4 is 28.8 Å². The molecule has 1 aliphatic carbocycles. The van der Waals surface area contributed by atoms with Crippen molar-refractivity contribution < 1.29 is 9.32 Å². The lowest BCUT2D eigenvalue weighted by Gasteiger charge is -2.17. The summed E-state index contributed by atoms with van der Waals surface area (Å²) >= 11 is 1.19. The zero-order valence-corrected chi connectivity index (χ0v) is 14.0. The number of carbonyl (C=O) groups excluding carboxylic acids is 1. The molecule has 0 aliphatic heterocycles. The van der Waals surface area contributed by atoms with E-state index in [1.807, 2.05) is 24.3 Å². The Bertz CT molecular complexity index is 870. The van der Waals surface area contributed by atoms with Gasteiger partial charge in [-0.05, 0) is 30.5 Å². The van der Waals surface area contributed by atoms with Gasteiger partial charge in [-0.3, -0.25) is 0 Å². The fourth-order valence-electron chi connectivity index (χ4n) is 2.54. The normalized spacial score (nSPS) is 14.0. The summed E-state index contributed by atoms with van der Waals surface area (Å²) in [5.74, 6) is 1.46. The molecule has 0 unspecified atom stereocenters. The average molecular weight is 343 g/mol. The molecule has 2 heterocycles. The van der Waals surface area contributed by atoms with Gasteiger partial charge in [0.25, 0.3) is 0 Å². The first-order chi connectivity index (χ1) is 11.7. The van der Waals surface area contributed by atoms with Crippen LogP contribution in [0.15, 0.2) is 28.8 Å². The Morgan fingerprint density at radius 2 is 2.17 bits per heavy atom. The predicted octanol–water partition coefficient (Wildman–Crippen LogP) is 2.90. The number of carbonyl (C=O) groups is 1. The lowest BCUT2D eigenvalue weighted by molar-refractivity contribution is 0.206. The maximum Gasteiger partial charge on any atom is 0.317 e.